The second-order valence-corrected chi connectivity index (χ2v) is 5.59. The Bertz CT molecular complexity index is 642. The molecule has 1 N–H and O–H groups in total. The van der Waals surface area contributed by atoms with Gasteiger partial charge in [-0.25, -0.2) is 14.4 Å². The van der Waals surface area contributed by atoms with Crippen molar-refractivity contribution in [2.75, 3.05) is 25.1 Å². The number of hydrogen-bond acceptors (Lipinski definition) is 4. The Balaban J connectivity index is 1.62. The van der Waals surface area contributed by atoms with Gasteiger partial charge in [-0.15, -0.1) is 0 Å². The van der Waals surface area contributed by atoms with Crippen LogP contribution in [0.25, 0.3) is 0 Å². The molecule has 0 bridgehead atoms. The molecule has 3 rings (SSSR count). The molecule has 4 nitrogen and oxygen atoms in total. The third-order valence-corrected chi connectivity index (χ3v) is 3.81. The van der Waals surface area contributed by atoms with Crippen molar-refractivity contribution < 1.29 is 9.13 Å². The monoisotopic (exact) mass is 301 g/mol. The maximum atomic E-state index is 13.1. The highest BCUT2D eigenvalue weighted by Crippen LogP contribution is 2.25. The zero-order valence-corrected chi connectivity index (χ0v) is 12.7. The van der Waals surface area contributed by atoms with Crippen LogP contribution in [-0.2, 0) is 11.2 Å². The van der Waals surface area contributed by atoms with Gasteiger partial charge in [0.15, 0.2) is 0 Å². The second-order valence-electron chi connectivity index (χ2n) is 5.59. The highest BCUT2D eigenvalue weighted by molar-refractivity contribution is 5.37. The largest absolute Gasteiger partial charge is 0.381 e. The molecule has 1 aliphatic rings. The summed E-state index contributed by atoms with van der Waals surface area (Å²) in [6, 6.07) is 8.68. The summed E-state index contributed by atoms with van der Waals surface area (Å²) in [5.74, 6) is 1.76. The van der Waals surface area contributed by atoms with Gasteiger partial charge in [-0.1, -0.05) is 12.1 Å². The lowest BCUT2D eigenvalue weighted by Gasteiger charge is -2.11. The first-order valence-corrected chi connectivity index (χ1v) is 7.62. The molecule has 1 atom stereocenters. The van der Waals surface area contributed by atoms with Crippen LogP contribution in [0.4, 0.5) is 10.2 Å². The Morgan fingerprint density at radius 3 is 3.00 bits per heavy atom. The zero-order valence-electron chi connectivity index (χ0n) is 12.7. The van der Waals surface area contributed by atoms with Gasteiger partial charge in [0, 0.05) is 25.1 Å². The van der Waals surface area contributed by atoms with Crippen LogP contribution >= 0.6 is 0 Å². The van der Waals surface area contributed by atoms with E-state index in [0.717, 1.165) is 49.0 Å². The molecule has 2 heterocycles. The number of anilines is 1. The Morgan fingerprint density at radius 2 is 2.23 bits per heavy atom. The summed E-state index contributed by atoms with van der Waals surface area (Å²) in [5.41, 5.74) is 2.01. The molecular formula is C17H20FN3O. The minimum atomic E-state index is -0.195. The van der Waals surface area contributed by atoms with Crippen LogP contribution in [0.5, 0.6) is 0 Å². The number of aromatic nitrogens is 2. The fraction of sp³-hybridized carbons (Fsp3) is 0.412. The number of nitrogens with one attached hydrogen (secondary N) is 1. The molecule has 1 aromatic carbocycles. The first kappa shape index (κ1) is 14.9. The van der Waals surface area contributed by atoms with Crippen LogP contribution in [-0.4, -0.2) is 29.7 Å². The van der Waals surface area contributed by atoms with Gasteiger partial charge in [-0.2, -0.15) is 0 Å². The molecule has 0 radical (unpaired) electrons. The van der Waals surface area contributed by atoms with Crippen molar-refractivity contribution in [3.8, 4) is 0 Å². The van der Waals surface area contributed by atoms with Crippen LogP contribution in [0.15, 0.2) is 30.3 Å². The second kappa shape index (κ2) is 6.83. The summed E-state index contributed by atoms with van der Waals surface area (Å²) < 4.78 is 18.6. The van der Waals surface area contributed by atoms with Gasteiger partial charge in [0.2, 0.25) is 0 Å². The average molecular weight is 301 g/mol. The number of ether oxygens (including phenoxy) is 1. The highest BCUT2D eigenvalue weighted by Gasteiger charge is 2.20. The lowest BCUT2D eigenvalue weighted by atomic mass is 10.0. The summed E-state index contributed by atoms with van der Waals surface area (Å²) in [5, 5.41) is 3.30. The quantitative estimate of drug-likeness (QED) is 0.922. The van der Waals surface area contributed by atoms with Gasteiger partial charge in [0.1, 0.15) is 17.5 Å². The van der Waals surface area contributed by atoms with E-state index >= 15 is 0 Å². The predicted molar refractivity (Wildman–Crippen MR) is 83.5 cm³/mol. The van der Waals surface area contributed by atoms with Crippen LogP contribution in [0.1, 0.15) is 29.4 Å². The van der Waals surface area contributed by atoms with E-state index in [-0.39, 0.29) is 5.82 Å². The van der Waals surface area contributed by atoms with E-state index < -0.39 is 0 Å². The van der Waals surface area contributed by atoms with Gasteiger partial charge in [-0.05, 0) is 37.5 Å². The smallest absolute Gasteiger partial charge is 0.129 e. The van der Waals surface area contributed by atoms with Crippen LogP contribution in [0.2, 0.25) is 0 Å². The van der Waals surface area contributed by atoms with Crippen molar-refractivity contribution in [3.05, 3.63) is 53.2 Å². The van der Waals surface area contributed by atoms with Crippen molar-refractivity contribution in [1.29, 1.82) is 0 Å². The molecule has 0 amide bonds. The zero-order chi connectivity index (χ0) is 15.4. The van der Waals surface area contributed by atoms with Crippen molar-refractivity contribution >= 4 is 5.82 Å². The first-order valence-electron chi connectivity index (χ1n) is 7.62. The molecular weight excluding hydrogens is 281 g/mol. The van der Waals surface area contributed by atoms with Gasteiger partial charge in [-0.3, -0.25) is 0 Å². The summed E-state index contributed by atoms with van der Waals surface area (Å²) in [7, 11) is 0. The fourth-order valence-electron chi connectivity index (χ4n) is 2.69. The lowest BCUT2D eigenvalue weighted by Crippen LogP contribution is -2.10. The van der Waals surface area contributed by atoms with Crippen LogP contribution < -0.4 is 5.32 Å². The normalized spacial score (nSPS) is 17.6. The summed E-state index contributed by atoms with van der Waals surface area (Å²) in [6.45, 7) is 4.15. The molecule has 0 saturated carbocycles. The van der Waals surface area contributed by atoms with Gasteiger partial charge < -0.3 is 10.1 Å². The third-order valence-electron chi connectivity index (χ3n) is 3.81. The van der Waals surface area contributed by atoms with E-state index in [0.29, 0.717) is 12.5 Å². The summed E-state index contributed by atoms with van der Waals surface area (Å²) in [6.07, 6.45) is 1.77. The van der Waals surface area contributed by atoms with Crippen LogP contribution in [0, 0.1) is 12.7 Å². The van der Waals surface area contributed by atoms with Crippen molar-refractivity contribution in [3.63, 3.8) is 0 Å². The molecule has 0 aliphatic carbocycles. The summed E-state index contributed by atoms with van der Waals surface area (Å²) >= 11 is 0. The van der Waals surface area contributed by atoms with Crippen LogP contribution in [0.3, 0.4) is 0 Å². The van der Waals surface area contributed by atoms with E-state index in [1.165, 1.54) is 6.07 Å². The lowest BCUT2D eigenvalue weighted by molar-refractivity contribution is 0.193. The number of rotatable bonds is 5. The maximum Gasteiger partial charge on any atom is 0.129 e. The highest BCUT2D eigenvalue weighted by atomic mass is 19.1. The third kappa shape index (κ3) is 3.80. The van der Waals surface area contributed by atoms with Crippen molar-refractivity contribution in [2.45, 2.75) is 25.7 Å². The standard InChI is InChI=1S/C17H20FN3O/c1-12-20-16(14-6-8-22-11-14)10-17(21-12)19-7-5-13-3-2-4-15(18)9-13/h2-4,9-10,14H,5-8,11H2,1H3,(H,19,20,21)/t14-/m1/s1. The molecule has 0 unspecified atom stereocenters. The number of halogens is 1. The van der Waals surface area contributed by atoms with E-state index in [1.807, 2.05) is 19.1 Å². The Morgan fingerprint density at radius 1 is 1.32 bits per heavy atom. The Kier molecular flexibility index (Phi) is 4.63. The molecule has 5 heteroatoms. The van der Waals surface area contributed by atoms with Crippen molar-refractivity contribution in [1.82, 2.24) is 9.97 Å². The SMILES string of the molecule is Cc1nc(NCCc2cccc(F)c2)cc([C@@H]2CCOC2)n1. The van der Waals surface area contributed by atoms with E-state index in [2.05, 4.69) is 15.3 Å². The average Bonchev–Trinajstić information content (AvgIpc) is 3.01. The molecule has 22 heavy (non-hydrogen) atoms. The van der Waals surface area contributed by atoms with E-state index in [1.54, 1.807) is 12.1 Å². The van der Waals surface area contributed by atoms with Gasteiger partial charge in [0.05, 0.1) is 12.3 Å². The fourth-order valence-corrected chi connectivity index (χ4v) is 2.69. The number of aryl methyl sites for hydroxylation is 1. The number of nitrogens with zero attached hydrogens (tertiary/aromatic N) is 2. The number of hydrogen-bond donors (Lipinski definition) is 1. The van der Waals surface area contributed by atoms with Gasteiger partial charge >= 0.3 is 0 Å². The molecule has 1 aromatic heterocycles. The number of benzene rings is 1. The predicted octanol–water partition coefficient (Wildman–Crippen LogP) is 3.08. The van der Waals surface area contributed by atoms with Crippen molar-refractivity contribution in [2.24, 2.45) is 0 Å². The molecule has 0 spiro atoms. The Labute approximate surface area is 129 Å². The first-order chi connectivity index (χ1) is 10.7. The maximum absolute atomic E-state index is 13.1. The molecule has 2 aromatic rings. The van der Waals surface area contributed by atoms with E-state index in [9.17, 15) is 4.39 Å². The minimum Gasteiger partial charge on any atom is -0.381 e. The molecule has 1 saturated heterocycles. The Hall–Kier alpha value is -2.01. The molecule has 1 aliphatic heterocycles. The minimum absolute atomic E-state index is 0.195. The summed E-state index contributed by atoms with van der Waals surface area (Å²) in [4.78, 5) is 8.93. The topological polar surface area (TPSA) is 47.0 Å². The molecule has 116 valence electrons. The van der Waals surface area contributed by atoms with E-state index in [4.69, 9.17) is 4.74 Å². The molecule has 1 fully saturated rings. The van der Waals surface area contributed by atoms with Gasteiger partial charge in [0.25, 0.3) is 0 Å².